The molecule has 0 aliphatic carbocycles. The lowest BCUT2D eigenvalue weighted by atomic mass is 10.0. The molecule has 100 valence electrons. The van der Waals surface area contributed by atoms with Gasteiger partial charge in [-0.1, -0.05) is 6.07 Å². The van der Waals surface area contributed by atoms with E-state index in [0.29, 0.717) is 18.4 Å². The first-order chi connectivity index (χ1) is 9.28. The van der Waals surface area contributed by atoms with Gasteiger partial charge in [0.15, 0.2) is 16.7 Å². The van der Waals surface area contributed by atoms with Gasteiger partial charge < -0.3 is 19.2 Å². The van der Waals surface area contributed by atoms with Crippen molar-refractivity contribution in [3.05, 3.63) is 46.9 Å². The number of hydrogen-bond acceptors (Lipinski definition) is 4. The summed E-state index contributed by atoms with van der Waals surface area (Å²) in [6, 6.07) is 9.40. The minimum atomic E-state index is -0.0664. The molecule has 1 atom stereocenters. The lowest BCUT2D eigenvalue weighted by molar-refractivity contribution is 0.171. The Balaban J connectivity index is 1.95. The Kier molecular flexibility index (Phi) is 3.36. The van der Waals surface area contributed by atoms with Gasteiger partial charge in [0.25, 0.3) is 0 Å². The topological polar surface area (TPSA) is 43.6 Å². The van der Waals surface area contributed by atoms with Gasteiger partial charge in [-0.05, 0) is 48.5 Å². The van der Waals surface area contributed by atoms with Crippen LogP contribution in [0.3, 0.4) is 0 Å². The lowest BCUT2D eigenvalue weighted by Gasteiger charge is -2.21. The van der Waals surface area contributed by atoms with E-state index in [9.17, 15) is 0 Å². The fourth-order valence-corrected chi connectivity index (χ4v) is 2.35. The van der Waals surface area contributed by atoms with Gasteiger partial charge in [-0.15, -0.1) is 0 Å². The largest absolute Gasteiger partial charge is 0.486 e. The summed E-state index contributed by atoms with van der Waals surface area (Å²) in [4.78, 5) is 0. The third-order valence-corrected chi connectivity index (χ3v) is 3.27. The van der Waals surface area contributed by atoms with E-state index in [1.54, 1.807) is 6.07 Å². The number of fused-ring (bicyclic) bond motifs is 1. The quantitative estimate of drug-likeness (QED) is 0.938. The van der Waals surface area contributed by atoms with Crippen LogP contribution >= 0.6 is 11.6 Å². The van der Waals surface area contributed by atoms with Gasteiger partial charge in [-0.2, -0.15) is 0 Å². The van der Waals surface area contributed by atoms with E-state index in [2.05, 4.69) is 5.32 Å². The Hall–Kier alpha value is -1.65. The fraction of sp³-hybridized carbons (Fsp3) is 0.286. The van der Waals surface area contributed by atoms with Crippen LogP contribution in [0.5, 0.6) is 11.5 Å². The standard InChI is InChI=1S/C14H14ClNO3/c1-16-14(11-4-5-13(15)19-11)9-2-3-10-12(8-9)18-7-6-17-10/h2-5,8,14,16H,6-7H2,1H3. The molecule has 2 aromatic rings. The highest BCUT2D eigenvalue weighted by Gasteiger charge is 2.19. The van der Waals surface area contributed by atoms with E-state index in [0.717, 1.165) is 22.8 Å². The Bertz CT molecular complexity index is 582. The van der Waals surface area contributed by atoms with Crippen molar-refractivity contribution in [1.29, 1.82) is 0 Å². The highest BCUT2D eigenvalue weighted by atomic mass is 35.5. The van der Waals surface area contributed by atoms with Crippen molar-refractivity contribution in [3.63, 3.8) is 0 Å². The first-order valence-electron chi connectivity index (χ1n) is 6.10. The third kappa shape index (κ3) is 2.41. The van der Waals surface area contributed by atoms with Crippen LogP contribution in [0.15, 0.2) is 34.7 Å². The van der Waals surface area contributed by atoms with Crippen LogP contribution < -0.4 is 14.8 Å². The molecule has 1 aliphatic rings. The van der Waals surface area contributed by atoms with E-state index in [-0.39, 0.29) is 6.04 Å². The molecule has 0 spiro atoms. The molecule has 3 rings (SSSR count). The molecule has 2 heterocycles. The lowest BCUT2D eigenvalue weighted by Crippen LogP contribution is -2.19. The zero-order valence-corrected chi connectivity index (χ0v) is 11.2. The van der Waals surface area contributed by atoms with Gasteiger partial charge in [0.2, 0.25) is 0 Å². The van der Waals surface area contributed by atoms with Gasteiger partial charge in [-0.3, -0.25) is 0 Å². The molecule has 0 radical (unpaired) electrons. The molecule has 1 unspecified atom stereocenters. The number of hydrogen-bond donors (Lipinski definition) is 1. The first-order valence-corrected chi connectivity index (χ1v) is 6.48. The van der Waals surface area contributed by atoms with E-state index in [1.807, 2.05) is 31.3 Å². The smallest absolute Gasteiger partial charge is 0.193 e. The molecule has 1 N–H and O–H groups in total. The number of nitrogens with one attached hydrogen (secondary N) is 1. The molecule has 0 saturated carbocycles. The summed E-state index contributed by atoms with van der Waals surface area (Å²) in [5.74, 6) is 2.31. The minimum Gasteiger partial charge on any atom is -0.486 e. The van der Waals surface area contributed by atoms with Crippen LogP contribution in [0.25, 0.3) is 0 Å². The number of furan rings is 1. The molecule has 5 heteroatoms. The van der Waals surface area contributed by atoms with Gasteiger partial charge >= 0.3 is 0 Å². The Labute approximate surface area is 116 Å². The molecule has 4 nitrogen and oxygen atoms in total. The molecule has 0 amide bonds. The summed E-state index contributed by atoms with van der Waals surface area (Å²) in [6.45, 7) is 1.17. The maximum absolute atomic E-state index is 5.83. The second kappa shape index (κ2) is 5.15. The zero-order chi connectivity index (χ0) is 13.2. The van der Waals surface area contributed by atoms with Crippen LogP contribution in [-0.4, -0.2) is 20.3 Å². The van der Waals surface area contributed by atoms with Gasteiger partial charge in [0.05, 0.1) is 6.04 Å². The SMILES string of the molecule is CNC(c1ccc2c(c1)OCCO2)c1ccc(Cl)o1. The van der Waals surface area contributed by atoms with E-state index < -0.39 is 0 Å². The van der Waals surface area contributed by atoms with Gasteiger partial charge in [0.1, 0.15) is 19.0 Å². The van der Waals surface area contributed by atoms with E-state index in [4.69, 9.17) is 25.5 Å². The van der Waals surface area contributed by atoms with Crippen molar-refractivity contribution in [2.75, 3.05) is 20.3 Å². The molecule has 1 aromatic carbocycles. The number of rotatable bonds is 3. The maximum Gasteiger partial charge on any atom is 0.193 e. The predicted molar refractivity (Wildman–Crippen MR) is 72.1 cm³/mol. The van der Waals surface area contributed by atoms with Crippen LogP contribution in [-0.2, 0) is 0 Å². The molecular formula is C14H14ClNO3. The number of halogens is 1. The van der Waals surface area contributed by atoms with Crippen molar-refractivity contribution < 1.29 is 13.9 Å². The second-order valence-electron chi connectivity index (χ2n) is 4.27. The fourth-order valence-electron chi connectivity index (χ4n) is 2.20. The number of ether oxygens (including phenoxy) is 2. The summed E-state index contributed by atoms with van der Waals surface area (Å²) >= 11 is 5.83. The highest BCUT2D eigenvalue weighted by molar-refractivity contribution is 6.28. The molecule has 19 heavy (non-hydrogen) atoms. The minimum absolute atomic E-state index is 0.0664. The molecule has 1 aliphatic heterocycles. The van der Waals surface area contributed by atoms with Gasteiger partial charge in [0, 0.05) is 0 Å². The molecule has 0 fully saturated rings. The monoisotopic (exact) mass is 279 g/mol. The molecule has 0 saturated heterocycles. The van der Waals surface area contributed by atoms with Crippen LogP contribution in [0, 0.1) is 0 Å². The first kappa shape index (κ1) is 12.4. The predicted octanol–water partition coefficient (Wildman–Crippen LogP) is 3.01. The van der Waals surface area contributed by atoms with Crippen molar-refractivity contribution in [2.45, 2.75) is 6.04 Å². The van der Waals surface area contributed by atoms with Crippen LogP contribution in [0.2, 0.25) is 5.22 Å². The maximum atomic E-state index is 5.83. The summed E-state index contributed by atoms with van der Waals surface area (Å²) in [7, 11) is 1.87. The average Bonchev–Trinajstić information content (AvgIpc) is 2.86. The zero-order valence-electron chi connectivity index (χ0n) is 10.5. The Morgan fingerprint density at radius 2 is 1.89 bits per heavy atom. The summed E-state index contributed by atoms with van der Waals surface area (Å²) in [5, 5.41) is 3.59. The Morgan fingerprint density at radius 1 is 1.11 bits per heavy atom. The summed E-state index contributed by atoms with van der Waals surface area (Å²) in [5.41, 5.74) is 1.04. The molecule has 1 aromatic heterocycles. The van der Waals surface area contributed by atoms with E-state index in [1.165, 1.54) is 0 Å². The third-order valence-electron chi connectivity index (χ3n) is 3.07. The van der Waals surface area contributed by atoms with Crippen molar-refractivity contribution in [1.82, 2.24) is 5.32 Å². The number of benzene rings is 1. The average molecular weight is 280 g/mol. The van der Waals surface area contributed by atoms with E-state index >= 15 is 0 Å². The van der Waals surface area contributed by atoms with Gasteiger partial charge in [-0.25, -0.2) is 0 Å². The van der Waals surface area contributed by atoms with Crippen molar-refractivity contribution >= 4 is 11.6 Å². The van der Waals surface area contributed by atoms with Crippen LogP contribution in [0.1, 0.15) is 17.4 Å². The summed E-state index contributed by atoms with van der Waals surface area (Å²) < 4.78 is 16.6. The van der Waals surface area contributed by atoms with Crippen molar-refractivity contribution in [2.24, 2.45) is 0 Å². The molecular weight excluding hydrogens is 266 g/mol. The summed E-state index contributed by atoms with van der Waals surface area (Å²) in [6.07, 6.45) is 0. The second-order valence-corrected chi connectivity index (χ2v) is 4.64. The molecule has 0 bridgehead atoms. The normalized spacial score (nSPS) is 15.3. The van der Waals surface area contributed by atoms with Crippen molar-refractivity contribution in [3.8, 4) is 11.5 Å². The van der Waals surface area contributed by atoms with Crippen LogP contribution in [0.4, 0.5) is 0 Å². The highest BCUT2D eigenvalue weighted by Crippen LogP contribution is 2.34. The Morgan fingerprint density at radius 3 is 2.58 bits per heavy atom.